The van der Waals surface area contributed by atoms with E-state index in [2.05, 4.69) is 9.97 Å². The van der Waals surface area contributed by atoms with Crippen LogP contribution in [0.25, 0.3) is 11.3 Å². The fourth-order valence-corrected chi connectivity index (χ4v) is 3.24. The predicted octanol–water partition coefficient (Wildman–Crippen LogP) is 3.86. The monoisotopic (exact) mass is 423 g/mol. The topological polar surface area (TPSA) is 103 Å². The van der Waals surface area contributed by atoms with Gasteiger partial charge in [0, 0.05) is 43.1 Å². The van der Waals surface area contributed by atoms with E-state index in [-0.39, 0.29) is 5.69 Å². The zero-order valence-electron chi connectivity index (χ0n) is 17.9. The Morgan fingerprint density at radius 3 is 2.45 bits per heavy atom. The molecule has 1 atom stereocenters. The number of benzene rings is 1. The van der Waals surface area contributed by atoms with Gasteiger partial charge in [0.05, 0.1) is 22.4 Å². The minimum Gasteiger partial charge on any atom is -0.329 e. The summed E-state index contributed by atoms with van der Waals surface area (Å²) < 4.78 is 1.86. The molecule has 31 heavy (non-hydrogen) atoms. The second-order valence-corrected chi connectivity index (χ2v) is 8.07. The first-order valence-corrected chi connectivity index (χ1v) is 9.78. The van der Waals surface area contributed by atoms with Gasteiger partial charge in [0.25, 0.3) is 5.69 Å². The van der Waals surface area contributed by atoms with Gasteiger partial charge in [0.2, 0.25) is 6.41 Å². The molecule has 1 unspecified atom stereocenters. The number of rotatable bonds is 8. The Balaban J connectivity index is 2.00. The van der Waals surface area contributed by atoms with E-state index < -0.39 is 16.6 Å². The second-order valence-electron chi connectivity index (χ2n) is 8.07. The van der Waals surface area contributed by atoms with E-state index in [1.807, 2.05) is 50.6 Å². The lowest BCUT2D eigenvalue weighted by Gasteiger charge is -2.32. The van der Waals surface area contributed by atoms with E-state index in [1.165, 1.54) is 17.2 Å². The average molecular weight is 423 g/mol. The fraction of sp³-hybridized carbons (Fsp3) is 0.318. The molecule has 0 radical (unpaired) electrons. The summed E-state index contributed by atoms with van der Waals surface area (Å²) in [5, 5.41) is 12.2. The number of hydroxylamine groups is 2. The van der Waals surface area contributed by atoms with Gasteiger partial charge in [-0.15, -0.1) is 0 Å². The van der Waals surface area contributed by atoms with Crippen molar-refractivity contribution < 1.29 is 14.6 Å². The van der Waals surface area contributed by atoms with Crippen molar-refractivity contribution in [3.05, 3.63) is 76.5 Å². The molecule has 0 saturated carbocycles. The molecule has 0 aliphatic carbocycles. The highest BCUT2D eigenvalue weighted by atomic mass is 16.7. The van der Waals surface area contributed by atoms with E-state index in [0.29, 0.717) is 18.7 Å². The van der Waals surface area contributed by atoms with Crippen molar-refractivity contribution in [1.29, 1.82) is 0 Å². The van der Waals surface area contributed by atoms with Crippen LogP contribution in [0.3, 0.4) is 0 Å². The lowest BCUT2D eigenvalue weighted by atomic mass is 10.1. The number of carbonyl (C=O) groups excluding carboxylic acids is 1. The Labute approximate surface area is 180 Å². The molecule has 0 fully saturated rings. The summed E-state index contributed by atoms with van der Waals surface area (Å²) in [5.74, 6) is 0.607. The predicted molar refractivity (Wildman–Crippen MR) is 115 cm³/mol. The van der Waals surface area contributed by atoms with Crippen molar-refractivity contribution in [2.75, 3.05) is 0 Å². The minimum absolute atomic E-state index is 0.0184. The average Bonchev–Trinajstić information content (AvgIpc) is 3.11. The number of nitro benzene ring substituents is 1. The minimum atomic E-state index is -0.588. The number of nitro groups is 1. The van der Waals surface area contributed by atoms with Crippen LogP contribution in [-0.4, -0.2) is 36.5 Å². The van der Waals surface area contributed by atoms with Crippen molar-refractivity contribution in [2.24, 2.45) is 7.05 Å². The van der Waals surface area contributed by atoms with Crippen LogP contribution >= 0.6 is 0 Å². The summed E-state index contributed by atoms with van der Waals surface area (Å²) in [6, 6.07) is 11.3. The number of imidazole rings is 1. The van der Waals surface area contributed by atoms with Gasteiger partial charge >= 0.3 is 0 Å². The van der Waals surface area contributed by atoms with E-state index >= 15 is 0 Å². The number of non-ortho nitro benzene ring substituents is 1. The van der Waals surface area contributed by atoms with Gasteiger partial charge in [0.15, 0.2) is 0 Å². The Kier molecular flexibility index (Phi) is 6.45. The van der Waals surface area contributed by atoms with Crippen LogP contribution in [0.1, 0.15) is 38.3 Å². The van der Waals surface area contributed by atoms with Crippen LogP contribution in [0, 0.1) is 10.1 Å². The molecule has 1 aromatic carbocycles. The highest BCUT2D eigenvalue weighted by Crippen LogP contribution is 2.30. The van der Waals surface area contributed by atoms with Crippen LogP contribution in [0.15, 0.2) is 54.9 Å². The van der Waals surface area contributed by atoms with Gasteiger partial charge in [-0.3, -0.25) is 24.7 Å². The van der Waals surface area contributed by atoms with Gasteiger partial charge < -0.3 is 4.57 Å². The molecule has 3 rings (SSSR count). The van der Waals surface area contributed by atoms with Crippen molar-refractivity contribution >= 4 is 12.1 Å². The van der Waals surface area contributed by atoms with Gasteiger partial charge in [-0.2, -0.15) is 0 Å². The number of pyridine rings is 1. The van der Waals surface area contributed by atoms with Gasteiger partial charge in [-0.1, -0.05) is 6.07 Å². The maximum absolute atomic E-state index is 12.0. The standard InChI is InChI=1S/C22H25N5O4/c1-22(2,3)31-26(15-28)19(13-17-7-5-6-12-23-17)21-24-14-20(25(21)4)16-8-10-18(11-9-16)27(29)30/h5-12,14-15,19H,13H2,1-4H3. The Bertz CT molecular complexity index is 1040. The fourth-order valence-electron chi connectivity index (χ4n) is 3.24. The Hall–Kier alpha value is -3.59. The number of hydrogen-bond acceptors (Lipinski definition) is 6. The molecule has 162 valence electrons. The summed E-state index contributed by atoms with van der Waals surface area (Å²) in [6.45, 7) is 5.59. The maximum Gasteiger partial charge on any atom is 0.269 e. The van der Waals surface area contributed by atoms with Gasteiger partial charge in [-0.25, -0.2) is 10.0 Å². The first-order valence-electron chi connectivity index (χ1n) is 9.78. The molecule has 9 heteroatoms. The lowest BCUT2D eigenvalue weighted by Crippen LogP contribution is -2.38. The largest absolute Gasteiger partial charge is 0.329 e. The molecule has 1 amide bonds. The van der Waals surface area contributed by atoms with Crippen molar-refractivity contribution in [3.63, 3.8) is 0 Å². The number of amides is 1. The molecule has 0 saturated heterocycles. The molecule has 3 aromatic rings. The third-order valence-corrected chi connectivity index (χ3v) is 4.62. The first kappa shape index (κ1) is 22.1. The molecule has 9 nitrogen and oxygen atoms in total. The van der Waals surface area contributed by atoms with Crippen LogP contribution in [0.4, 0.5) is 5.69 Å². The van der Waals surface area contributed by atoms with E-state index in [1.54, 1.807) is 24.5 Å². The maximum atomic E-state index is 12.0. The molecule has 0 N–H and O–H groups in total. The molecule has 0 aliphatic rings. The van der Waals surface area contributed by atoms with Crippen LogP contribution < -0.4 is 0 Å². The van der Waals surface area contributed by atoms with Crippen LogP contribution in [-0.2, 0) is 23.1 Å². The first-order chi connectivity index (χ1) is 14.7. The van der Waals surface area contributed by atoms with Crippen molar-refractivity contribution in [3.8, 4) is 11.3 Å². The Morgan fingerprint density at radius 2 is 1.90 bits per heavy atom. The van der Waals surface area contributed by atoms with Crippen LogP contribution in [0.2, 0.25) is 0 Å². The zero-order chi connectivity index (χ0) is 22.6. The number of hydrogen-bond donors (Lipinski definition) is 0. The molecule has 0 aliphatic heterocycles. The van der Waals surface area contributed by atoms with E-state index in [9.17, 15) is 14.9 Å². The van der Waals surface area contributed by atoms with E-state index in [4.69, 9.17) is 4.84 Å². The lowest BCUT2D eigenvalue weighted by molar-refractivity contribution is -0.384. The van der Waals surface area contributed by atoms with Gasteiger partial charge in [-0.05, 0) is 45.0 Å². The normalized spacial score (nSPS) is 12.4. The number of nitrogens with zero attached hydrogens (tertiary/aromatic N) is 5. The summed E-state index contributed by atoms with van der Waals surface area (Å²) >= 11 is 0. The summed E-state index contributed by atoms with van der Waals surface area (Å²) in [7, 11) is 1.84. The highest BCUT2D eigenvalue weighted by Gasteiger charge is 2.29. The molecular formula is C22H25N5O4. The third-order valence-electron chi connectivity index (χ3n) is 4.62. The highest BCUT2D eigenvalue weighted by molar-refractivity contribution is 5.61. The SMILES string of the molecule is Cn1c(-c2ccc([N+](=O)[O-])cc2)cnc1C(Cc1ccccn1)N(C=O)OC(C)(C)C. The molecule has 2 heterocycles. The van der Waals surface area contributed by atoms with Crippen molar-refractivity contribution in [2.45, 2.75) is 38.8 Å². The molecule has 0 bridgehead atoms. The van der Waals surface area contributed by atoms with E-state index in [0.717, 1.165) is 17.0 Å². The summed E-state index contributed by atoms with van der Waals surface area (Å²) in [6.07, 6.45) is 4.43. The molecule has 0 spiro atoms. The van der Waals surface area contributed by atoms with Crippen molar-refractivity contribution in [1.82, 2.24) is 19.6 Å². The summed E-state index contributed by atoms with van der Waals surface area (Å²) in [4.78, 5) is 37.3. The number of aromatic nitrogens is 3. The van der Waals surface area contributed by atoms with Crippen LogP contribution in [0.5, 0.6) is 0 Å². The second kappa shape index (κ2) is 9.05. The number of carbonyl (C=O) groups is 1. The van der Waals surface area contributed by atoms with Gasteiger partial charge in [0.1, 0.15) is 11.9 Å². The zero-order valence-corrected chi connectivity index (χ0v) is 17.9. The molecular weight excluding hydrogens is 398 g/mol. The Morgan fingerprint density at radius 1 is 1.19 bits per heavy atom. The quantitative estimate of drug-likeness (QED) is 0.310. The summed E-state index contributed by atoms with van der Waals surface area (Å²) in [5.41, 5.74) is 1.76. The smallest absolute Gasteiger partial charge is 0.269 e. The molecule has 2 aromatic heterocycles. The third kappa shape index (κ3) is 5.32.